The van der Waals surface area contributed by atoms with E-state index in [1.54, 1.807) is 17.3 Å². The molecule has 0 N–H and O–H groups in total. The quantitative estimate of drug-likeness (QED) is 0.813. The maximum atomic E-state index is 11.9. The fourth-order valence-electron chi connectivity index (χ4n) is 2.05. The molecule has 6 nitrogen and oxygen atoms in total. The molecule has 0 bridgehead atoms. The van der Waals surface area contributed by atoms with E-state index < -0.39 is 0 Å². The molecule has 0 saturated carbocycles. The second-order valence-electron chi connectivity index (χ2n) is 4.54. The maximum Gasteiger partial charge on any atom is 0.316 e. The van der Waals surface area contributed by atoms with E-state index in [2.05, 4.69) is 25.9 Å². The smallest absolute Gasteiger partial charge is 0.316 e. The number of amides is 1. The molecule has 0 radical (unpaired) electrons. The zero-order chi connectivity index (χ0) is 14.4. The first-order valence-electron chi connectivity index (χ1n) is 6.68. The third-order valence-corrected chi connectivity index (χ3v) is 3.44. The zero-order valence-electron chi connectivity index (χ0n) is 11.4. The minimum absolute atomic E-state index is 0.0110. The summed E-state index contributed by atoms with van der Waals surface area (Å²) in [5, 5.41) is 0. The Balaban J connectivity index is 1.86. The summed E-state index contributed by atoms with van der Waals surface area (Å²) in [4.78, 5) is 21.9. The van der Waals surface area contributed by atoms with E-state index in [4.69, 9.17) is 9.47 Å². The first kappa shape index (κ1) is 15.2. The fourth-order valence-corrected chi connectivity index (χ4v) is 2.26. The van der Waals surface area contributed by atoms with Crippen LogP contribution in [-0.4, -0.2) is 53.2 Å². The van der Waals surface area contributed by atoms with Gasteiger partial charge in [0.2, 0.25) is 5.91 Å². The number of halogens is 1. The van der Waals surface area contributed by atoms with E-state index in [0.717, 1.165) is 23.9 Å². The van der Waals surface area contributed by atoms with Gasteiger partial charge in [-0.2, -0.15) is 0 Å². The highest BCUT2D eigenvalue weighted by molar-refractivity contribution is 9.10. The molecule has 1 aromatic heterocycles. The predicted octanol–water partition coefficient (Wildman–Crippen LogP) is 1.65. The van der Waals surface area contributed by atoms with Crippen LogP contribution in [0.1, 0.15) is 19.8 Å². The standard InChI is InChI=1S/C13H18BrN3O3/c1-2-19-9-12(18)17-5-3-4-11(8-17)20-13-15-6-10(14)7-16-13/h6-7,11H,2-5,8-9H2,1H3. The van der Waals surface area contributed by atoms with Gasteiger partial charge >= 0.3 is 6.01 Å². The van der Waals surface area contributed by atoms with Crippen LogP contribution in [0, 0.1) is 0 Å². The van der Waals surface area contributed by atoms with Gasteiger partial charge in [-0.3, -0.25) is 4.79 Å². The van der Waals surface area contributed by atoms with Crippen LogP contribution in [-0.2, 0) is 9.53 Å². The van der Waals surface area contributed by atoms with Crippen molar-refractivity contribution in [1.29, 1.82) is 0 Å². The minimum Gasteiger partial charge on any atom is -0.458 e. The number of piperidine rings is 1. The molecule has 2 heterocycles. The first-order valence-corrected chi connectivity index (χ1v) is 7.48. The minimum atomic E-state index is -0.0597. The number of nitrogens with zero attached hydrogens (tertiary/aromatic N) is 3. The van der Waals surface area contributed by atoms with E-state index >= 15 is 0 Å². The SMILES string of the molecule is CCOCC(=O)N1CCCC(Oc2ncc(Br)cn2)C1. The number of hydrogen-bond donors (Lipinski definition) is 0. The molecule has 1 saturated heterocycles. The molecule has 1 fully saturated rings. The molecule has 0 aromatic carbocycles. The number of rotatable bonds is 5. The Morgan fingerprint density at radius 3 is 2.95 bits per heavy atom. The van der Waals surface area contributed by atoms with E-state index in [1.165, 1.54) is 0 Å². The van der Waals surface area contributed by atoms with Crippen molar-refractivity contribution in [3.8, 4) is 6.01 Å². The average molecular weight is 344 g/mol. The second-order valence-corrected chi connectivity index (χ2v) is 5.46. The summed E-state index contributed by atoms with van der Waals surface area (Å²) in [6.45, 7) is 3.88. The number of carbonyl (C=O) groups excluding carboxylic acids is 1. The van der Waals surface area contributed by atoms with Gasteiger partial charge in [-0.05, 0) is 35.7 Å². The van der Waals surface area contributed by atoms with Crippen molar-refractivity contribution < 1.29 is 14.3 Å². The molecule has 2 rings (SSSR count). The van der Waals surface area contributed by atoms with E-state index in [-0.39, 0.29) is 18.6 Å². The van der Waals surface area contributed by atoms with Gasteiger partial charge in [0, 0.05) is 25.5 Å². The second kappa shape index (κ2) is 7.54. The normalized spacial score (nSPS) is 18.9. The fraction of sp³-hybridized carbons (Fsp3) is 0.615. The molecule has 0 spiro atoms. The van der Waals surface area contributed by atoms with Crippen LogP contribution in [0.15, 0.2) is 16.9 Å². The third kappa shape index (κ3) is 4.42. The van der Waals surface area contributed by atoms with Crippen LogP contribution in [0.25, 0.3) is 0 Å². The topological polar surface area (TPSA) is 64.5 Å². The summed E-state index contributed by atoms with van der Waals surface area (Å²) in [7, 11) is 0. The van der Waals surface area contributed by atoms with Gasteiger partial charge in [-0.25, -0.2) is 9.97 Å². The highest BCUT2D eigenvalue weighted by Crippen LogP contribution is 2.16. The van der Waals surface area contributed by atoms with Gasteiger partial charge in [0.25, 0.3) is 0 Å². The van der Waals surface area contributed by atoms with Crippen molar-refractivity contribution in [2.24, 2.45) is 0 Å². The molecule has 1 aromatic rings. The summed E-state index contributed by atoms with van der Waals surface area (Å²) >= 11 is 3.28. The number of likely N-dealkylation sites (tertiary alicyclic amines) is 1. The molecular weight excluding hydrogens is 326 g/mol. The Morgan fingerprint density at radius 2 is 2.25 bits per heavy atom. The summed E-state index contributed by atoms with van der Waals surface area (Å²) in [5.41, 5.74) is 0. The zero-order valence-corrected chi connectivity index (χ0v) is 13.0. The van der Waals surface area contributed by atoms with E-state index in [0.29, 0.717) is 19.2 Å². The number of ether oxygens (including phenoxy) is 2. The van der Waals surface area contributed by atoms with E-state index in [9.17, 15) is 4.79 Å². The van der Waals surface area contributed by atoms with Gasteiger partial charge in [0.15, 0.2) is 0 Å². The van der Waals surface area contributed by atoms with Crippen LogP contribution < -0.4 is 4.74 Å². The number of aromatic nitrogens is 2. The van der Waals surface area contributed by atoms with Crippen molar-refractivity contribution in [3.05, 3.63) is 16.9 Å². The Labute approximate surface area is 126 Å². The molecule has 1 amide bonds. The van der Waals surface area contributed by atoms with Gasteiger partial charge in [0.1, 0.15) is 12.7 Å². The van der Waals surface area contributed by atoms with Crippen LogP contribution in [0.3, 0.4) is 0 Å². The van der Waals surface area contributed by atoms with Crippen LogP contribution in [0.5, 0.6) is 6.01 Å². The molecule has 1 aliphatic heterocycles. The maximum absolute atomic E-state index is 11.9. The monoisotopic (exact) mass is 343 g/mol. The Morgan fingerprint density at radius 1 is 1.50 bits per heavy atom. The van der Waals surface area contributed by atoms with Crippen molar-refractivity contribution >= 4 is 21.8 Å². The molecule has 0 aliphatic carbocycles. The molecule has 1 unspecified atom stereocenters. The van der Waals surface area contributed by atoms with Gasteiger partial charge in [-0.15, -0.1) is 0 Å². The Bertz CT molecular complexity index is 441. The Kier molecular flexibility index (Phi) is 5.72. The first-order chi connectivity index (χ1) is 9.69. The van der Waals surface area contributed by atoms with Crippen LogP contribution >= 0.6 is 15.9 Å². The van der Waals surface area contributed by atoms with Gasteiger partial charge < -0.3 is 14.4 Å². The summed E-state index contributed by atoms with van der Waals surface area (Å²) in [6.07, 6.45) is 5.04. The summed E-state index contributed by atoms with van der Waals surface area (Å²) < 4.78 is 11.7. The highest BCUT2D eigenvalue weighted by atomic mass is 79.9. The lowest BCUT2D eigenvalue weighted by atomic mass is 10.1. The third-order valence-electron chi connectivity index (χ3n) is 3.03. The molecule has 1 atom stereocenters. The number of hydrogen-bond acceptors (Lipinski definition) is 5. The van der Waals surface area contributed by atoms with Crippen LogP contribution in [0.2, 0.25) is 0 Å². The van der Waals surface area contributed by atoms with Crippen molar-refractivity contribution in [2.75, 3.05) is 26.3 Å². The number of carbonyl (C=O) groups is 1. The lowest BCUT2D eigenvalue weighted by Gasteiger charge is -2.32. The van der Waals surface area contributed by atoms with Crippen molar-refractivity contribution in [2.45, 2.75) is 25.9 Å². The van der Waals surface area contributed by atoms with Gasteiger partial charge in [0.05, 0.1) is 11.0 Å². The van der Waals surface area contributed by atoms with E-state index in [1.807, 2.05) is 6.92 Å². The van der Waals surface area contributed by atoms with Crippen molar-refractivity contribution in [1.82, 2.24) is 14.9 Å². The average Bonchev–Trinajstić information content (AvgIpc) is 2.47. The highest BCUT2D eigenvalue weighted by Gasteiger charge is 2.25. The Hall–Kier alpha value is -1.21. The molecule has 110 valence electrons. The van der Waals surface area contributed by atoms with Crippen molar-refractivity contribution in [3.63, 3.8) is 0 Å². The molecule has 7 heteroatoms. The molecule has 1 aliphatic rings. The summed E-state index contributed by atoms with van der Waals surface area (Å²) in [5.74, 6) is 0.0110. The summed E-state index contributed by atoms with van der Waals surface area (Å²) in [6, 6.07) is 0.345. The van der Waals surface area contributed by atoms with Crippen LogP contribution in [0.4, 0.5) is 0 Å². The largest absolute Gasteiger partial charge is 0.458 e. The predicted molar refractivity (Wildman–Crippen MR) is 76.5 cm³/mol. The molecular formula is C13H18BrN3O3. The van der Waals surface area contributed by atoms with Gasteiger partial charge in [-0.1, -0.05) is 0 Å². The lowest BCUT2D eigenvalue weighted by Crippen LogP contribution is -2.45. The molecule has 20 heavy (non-hydrogen) atoms. The lowest BCUT2D eigenvalue weighted by molar-refractivity contribution is -0.138.